The van der Waals surface area contributed by atoms with Crippen molar-refractivity contribution in [3.05, 3.63) is 59.4 Å². The summed E-state index contributed by atoms with van der Waals surface area (Å²) in [6.07, 6.45) is 0. The smallest absolute Gasteiger partial charge is 0.339 e. The van der Waals surface area contributed by atoms with Gasteiger partial charge in [0, 0.05) is 0 Å². The average Bonchev–Trinajstić information content (AvgIpc) is 2.48. The van der Waals surface area contributed by atoms with Crippen LogP contribution in [0.25, 0.3) is 0 Å². The number of carbonyl (C=O) groups excluding carboxylic acids is 1. The highest BCUT2D eigenvalue weighted by atomic mass is 32.2. The van der Waals surface area contributed by atoms with Crippen LogP contribution in [0.3, 0.4) is 0 Å². The summed E-state index contributed by atoms with van der Waals surface area (Å²) in [5.74, 6) is -1.75. The summed E-state index contributed by atoms with van der Waals surface area (Å²) in [5.41, 5.74) is 0.504. The topological polar surface area (TPSA) is 69.7 Å². The lowest BCUT2D eigenvalue weighted by Crippen LogP contribution is -2.13. The van der Waals surface area contributed by atoms with Crippen molar-refractivity contribution in [2.75, 3.05) is 7.11 Å². The molecule has 0 aliphatic rings. The highest BCUT2D eigenvalue weighted by molar-refractivity contribution is 7.87. The molecule has 0 atom stereocenters. The molecule has 0 amide bonds. The van der Waals surface area contributed by atoms with Crippen LogP contribution in [0, 0.1) is 12.7 Å². The van der Waals surface area contributed by atoms with Gasteiger partial charge in [0.1, 0.15) is 4.90 Å². The number of rotatable bonds is 4. The molecule has 116 valence electrons. The maximum absolute atomic E-state index is 13.5. The highest BCUT2D eigenvalue weighted by Gasteiger charge is 2.22. The number of esters is 1. The van der Waals surface area contributed by atoms with Gasteiger partial charge in [-0.2, -0.15) is 8.42 Å². The zero-order chi connectivity index (χ0) is 16.3. The van der Waals surface area contributed by atoms with Crippen LogP contribution in [0.4, 0.5) is 4.39 Å². The Morgan fingerprint density at radius 1 is 1.14 bits per heavy atom. The molecule has 0 N–H and O–H groups in total. The van der Waals surface area contributed by atoms with Crippen LogP contribution in [-0.4, -0.2) is 21.5 Å². The summed E-state index contributed by atoms with van der Waals surface area (Å²) < 4.78 is 47.3. The van der Waals surface area contributed by atoms with Crippen molar-refractivity contribution in [2.24, 2.45) is 0 Å². The van der Waals surface area contributed by atoms with Crippen LogP contribution in [0.15, 0.2) is 47.4 Å². The number of ether oxygens (including phenoxy) is 1. The van der Waals surface area contributed by atoms with Gasteiger partial charge in [-0.05, 0) is 42.8 Å². The zero-order valence-electron chi connectivity index (χ0n) is 11.9. The number of hydrogen-bond acceptors (Lipinski definition) is 5. The molecule has 0 saturated carbocycles. The van der Waals surface area contributed by atoms with Crippen LogP contribution < -0.4 is 4.18 Å². The minimum absolute atomic E-state index is 0.150. The fourth-order valence-electron chi connectivity index (χ4n) is 1.85. The minimum atomic E-state index is -4.21. The van der Waals surface area contributed by atoms with E-state index in [1.54, 1.807) is 0 Å². The number of carbonyl (C=O) groups is 1. The van der Waals surface area contributed by atoms with Gasteiger partial charge in [-0.15, -0.1) is 0 Å². The maximum atomic E-state index is 13.5. The molecule has 0 aliphatic carbocycles. The summed E-state index contributed by atoms with van der Waals surface area (Å²) in [6, 6.07) is 9.08. The molecule has 0 aromatic heterocycles. The molecule has 2 rings (SSSR count). The molecule has 5 nitrogen and oxygen atoms in total. The van der Waals surface area contributed by atoms with Gasteiger partial charge in [0.25, 0.3) is 0 Å². The number of halogens is 1. The Hall–Kier alpha value is -2.41. The van der Waals surface area contributed by atoms with Crippen molar-refractivity contribution in [1.29, 1.82) is 0 Å². The molecule has 22 heavy (non-hydrogen) atoms. The van der Waals surface area contributed by atoms with Crippen molar-refractivity contribution in [1.82, 2.24) is 0 Å². The molecular formula is C15H13FO5S. The number of aryl methyl sites for hydroxylation is 1. The third-order valence-corrected chi connectivity index (χ3v) is 4.30. The van der Waals surface area contributed by atoms with E-state index in [0.717, 1.165) is 6.07 Å². The second-order valence-corrected chi connectivity index (χ2v) is 5.95. The van der Waals surface area contributed by atoms with Gasteiger partial charge in [0.05, 0.1) is 12.7 Å². The molecule has 2 aromatic carbocycles. The Bertz CT molecular complexity index is 814. The Labute approximate surface area is 127 Å². The number of methoxy groups -OCH3 is 1. The predicted molar refractivity (Wildman–Crippen MR) is 76.7 cm³/mol. The fraction of sp³-hybridized carbons (Fsp3) is 0.133. The summed E-state index contributed by atoms with van der Waals surface area (Å²) in [7, 11) is -2.98. The first-order valence-corrected chi connectivity index (χ1v) is 7.64. The predicted octanol–water partition coefficient (Wildman–Crippen LogP) is 2.69. The van der Waals surface area contributed by atoms with E-state index in [-0.39, 0.29) is 16.2 Å². The standard InChI is InChI=1S/C15H13FO5S/c1-10-9-11(15(17)20-2)7-8-14(10)22(18,19)21-13-6-4-3-5-12(13)16/h3-9H,1-2H3. The van der Waals surface area contributed by atoms with Gasteiger partial charge in [-0.25, -0.2) is 9.18 Å². The van der Waals surface area contributed by atoms with Gasteiger partial charge in [0.15, 0.2) is 11.6 Å². The molecular weight excluding hydrogens is 311 g/mol. The lowest BCUT2D eigenvalue weighted by Gasteiger charge is -2.10. The first kappa shape index (κ1) is 16.0. The third kappa shape index (κ3) is 3.25. The molecule has 0 saturated heterocycles. The lowest BCUT2D eigenvalue weighted by atomic mass is 10.1. The summed E-state index contributed by atoms with van der Waals surface area (Å²) in [6.45, 7) is 1.50. The van der Waals surface area contributed by atoms with Gasteiger partial charge in [0.2, 0.25) is 0 Å². The Morgan fingerprint density at radius 2 is 1.82 bits per heavy atom. The van der Waals surface area contributed by atoms with E-state index >= 15 is 0 Å². The van der Waals surface area contributed by atoms with Crippen LogP contribution in [0.2, 0.25) is 0 Å². The SMILES string of the molecule is COC(=O)c1ccc(S(=O)(=O)Oc2ccccc2F)c(C)c1. The van der Waals surface area contributed by atoms with Crippen molar-refractivity contribution >= 4 is 16.1 Å². The fourth-order valence-corrected chi connectivity index (χ4v) is 3.00. The molecule has 0 radical (unpaired) electrons. The molecule has 0 unspecified atom stereocenters. The third-order valence-electron chi connectivity index (χ3n) is 2.90. The molecule has 0 heterocycles. The summed E-state index contributed by atoms with van der Waals surface area (Å²) in [5, 5.41) is 0. The van der Waals surface area contributed by atoms with Crippen molar-refractivity contribution in [3.8, 4) is 5.75 Å². The van der Waals surface area contributed by atoms with Crippen molar-refractivity contribution < 1.29 is 26.5 Å². The van der Waals surface area contributed by atoms with Crippen LogP contribution in [0.5, 0.6) is 5.75 Å². The average molecular weight is 324 g/mol. The van der Waals surface area contributed by atoms with E-state index in [0.29, 0.717) is 5.56 Å². The Balaban J connectivity index is 2.38. The molecule has 0 bridgehead atoms. The molecule has 7 heteroatoms. The van der Waals surface area contributed by atoms with E-state index in [9.17, 15) is 17.6 Å². The lowest BCUT2D eigenvalue weighted by molar-refractivity contribution is 0.0600. The first-order chi connectivity index (χ1) is 10.3. The maximum Gasteiger partial charge on any atom is 0.339 e. The van der Waals surface area contributed by atoms with E-state index in [1.165, 1.54) is 50.4 Å². The molecule has 2 aromatic rings. The van der Waals surface area contributed by atoms with Gasteiger partial charge in [-0.3, -0.25) is 0 Å². The zero-order valence-corrected chi connectivity index (χ0v) is 12.7. The van der Waals surface area contributed by atoms with E-state index < -0.39 is 21.9 Å². The van der Waals surface area contributed by atoms with Gasteiger partial charge in [-0.1, -0.05) is 12.1 Å². The summed E-state index contributed by atoms with van der Waals surface area (Å²) >= 11 is 0. The van der Waals surface area contributed by atoms with Gasteiger partial charge >= 0.3 is 16.1 Å². The molecule has 0 aliphatic heterocycles. The highest BCUT2D eigenvalue weighted by Crippen LogP contribution is 2.24. The molecule has 0 fully saturated rings. The largest absolute Gasteiger partial charge is 0.465 e. The number of benzene rings is 2. The molecule has 0 spiro atoms. The van der Waals surface area contributed by atoms with E-state index in [1.807, 2.05) is 0 Å². The Morgan fingerprint density at radius 3 is 2.41 bits per heavy atom. The van der Waals surface area contributed by atoms with Crippen LogP contribution >= 0.6 is 0 Å². The number of hydrogen-bond donors (Lipinski definition) is 0. The normalized spacial score (nSPS) is 11.0. The van der Waals surface area contributed by atoms with Crippen LogP contribution in [-0.2, 0) is 14.9 Å². The second kappa shape index (κ2) is 6.15. The van der Waals surface area contributed by atoms with E-state index in [2.05, 4.69) is 4.74 Å². The monoisotopic (exact) mass is 324 g/mol. The quantitative estimate of drug-likeness (QED) is 0.639. The minimum Gasteiger partial charge on any atom is -0.465 e. The van der Waals surface area contributed by atoms with Crippen molar-refractivity contribution in [3.63, 3.8) is 0 Å². The van der Waals surface area contributed by atoms with Crippen molar-refractivity contribution in [2.45, 2.75) is 11.8 Å². The number of para-hydroxylation sites is 1. The second-order valence-electron chi connectivity index (χ2n) is 4.44. The summed E-state index contributed by atoms with van der Waals surface area (Å²) in [4.78, 5) is 11.3. The van der Waals surface area contributed by atoms with Crippen LogP contribution in [0.1, 0.15) is 15.9 Å². The first-order valence-electron chi connectivity index (χ1n) is 6.23. The van der Waals surface area contributed by atoms with E-state index in [4.69, 9.17) is 4.18 Å². The van der Waals surface area contributed by atoms with Gasteiger partial charge < -0.3 is 8.92 Å². The Kier molecular flexibility index (Phi) is 4.46.